The van der Waals surface area contributed by atoms with Crippen LogP contribution in [0.5, 0.6) is 0 Å². The van der Waals surface area contributed by atoms with E-state index in [2.05, 4.69) is 6.08 Å². The largest absolute Gasteiger partial charge is 0.339 e. The van der Waals surface area contributed by atoms with Crippen molar-refractivity contribution < 1.29 is 4.79 Å². The van der Waals surface area contributed by atoms with Crippen molar-refractivity contribution in [2.24, 2.45) is 5.92 Å². The van der Waals surface area contributed by atoms with Crippen molar-refractivity contribution in [3.63, 3.8) is 0 Å². The lowest BCUT2D eigenvalue weighted by atomic mass is 10.1. The highest BCUT2D eigenvalue weighted by molar-refractivity contribution is 5.83. The summed E-state index contributed by atoms with van der Waals surface area (Å²) < 4.78 is 0. The Balaban J connectivity index is 2.33. The SMILES string of the molecule is CN1C(=O)[C@@H]2C=CC=C[C@H]1C2. The number of likely N-dealkylation sites (N-methyl/N-ethyl adjacent to an activating group) is 1. The second-order valence-electron chi connectivity index (χ2n) is 3.13. The van der Waals surface area contributed by atoms with Crippen molar-refractivity contribution in [3.8, 4) is 0 Å². The second-order valence-corrected chi connectivity index (χ2v) is 3.13. The predicted octanol–water partition coefficient (Wildman–Crippen LogP) is 0.959. The lowest BCUT2D eigenvalue weighted by Crippen LogP contribution is -2.28. The number of nitrogens with zero attached hydrogens (tertiary/aromatic N) is 1. The molecule has 1 aliphatic carbocycles. The summed E-state index contributed by atoms with van der Waals surface area (Å²) in [6.45, 7) is 0. The molecule has 58 valence electrons. The van der Waals surface area contributed by atoms with Gasteiger partial charge in [0.1, 0.15) is 0 Å². The van der Waals surface area contributed by atoms with Gasteiger partial charge in [-0.1, -0.05) is 24.3 Å². The van der Waals surface area contributed by atoms with E-state index in [9.17, 15) is 4.79 Å². The van der Waals surface area contributed by atoms with E-state index >= 15 is 0 Å². The average Bonchev–Trinajstić information content (AvgIpc) is 2.31. The third kappa shape index (κ3) is 0.897. The van der Waals surface area contributed by atoms with E-state index in [0.29, 0.717) is 6.04 Å². The fraction of sp³-hybridized carbons (Fsp3) is 0.444. The third-order valence-corrected chi connectivity index (χ3v) is 2.45. The molecule has 0 N–H and O–H groups in total. The first-order valence-corrected chi connectivity index (χ1v) is 3.90. The summed E-state index contributed by atoms with van der Waals surface area (Å²) >= 11 is 0. The maximum absolute atomic E-state index is 11.4. The van der Waals surface area contributed by atoms with Gasteiger partial charge in [0, 0.05) is 7.05 Å². The lowest BCUT2D eigenvalue weighted by Gasteiger charge is -2.15. The van der Waals surface area contributed by atoms with Crippen molar-refractivity contribution in [1.29, 1.82) is 0 Å². The van der Waals surface area contributed by atoms with Gasteiger partial charge in [-0.25, -0.2) is 0 Å². The van der Waals surface area contributed by atoms with Crippen LogP contribution in [-0.4, -0.2) is 23.9 Å². The number of allylic oxidation sites excluding steroid dienone is 2. The van der Waals surface area contributed by atoms with E-state index in [1.54, 1.807) is 0 Å². The van der Waals surface area contributed by atoms with Crippen LogP contribution >= 0.6 is 0 Å². The first kappa shape index (κ1) is 6.65. The summed E-state index contributed by atoms with van der Waals surface area (Å²) in [6, 6.07) is 0.336. The Morgan fingerprint density at radius 1 is 1.45 bits per heavy atom. The van der Waals surface area contributed by atoms with Crippen LogP contribution in [0.1, 0.15) is 6.42 Å². The molecular weight excluding hydrogens is 138 g/mol. The van der Waals surface area contributed by atoms with Crippen molar-refractivity contribution in [1.82, 2.24) is 4.90 Å². The van der Waals surface area contributed by atoms with E-state index in [-0.39, 0.29) is 11.8 Å². The highest BCUT2D eigenvalue weighted by Gasteiger charge is 2.34. The third-order valence-electron chi connectivity index (χ3n) is 2.45. The molecule has 2 rings (SSSR count). The van der Waals surface area contributed by atoms with Crippen LogP contribution < -0.4 is 0 Å². The van der Waals surface area contributed by atoms with Gasteiger partial charge in [-0.3, -0.25) is 4.79 Å². The van der Waals surface area contributed by atoms with Crippen LogP contribution in [0.25, 0.3) is 0 Å². The molecule has 2 aliphatic rings. The Labute approximate surface area is 66.2 Å². The highest BCUT2D eigenvalue weighted by atomic mass is 16.2. The zero-order valence-electron chi connectivity index (χ0n) is 6.53. The van der Waals surface area contributed by atoms with Gasteiger partial charge in [0.15, 0.2) is 0 Å². The monoisotopic (exact) mass is 149 g/mol. The van der Waals surface area contributed by atoms with Gasteiger partial charge in [-0.05, 0) is 6.42 Å². The molecule has 2 bridgehead atoms. The molecular formula is C9H11NO. The molecule has 0 unspecified atom stereocenters. The van der Waals surface area contributed by atoms with Crippen molar-refractivity contribution in [2.75, 3.05) is 7.05 Å². The van der Waals surface area contributed by atoms with Crippen LogP contribution in [-0.2, 0) is 4.79 Å². The Hall–Kier alpha value is -1.05. The van der Waals surface area contributed by atoms with Crippen molar-refractivity contribution >= 4 is 5.91 Å². The van der Waals surface area contributed by atoms with Crippen molar-refractivity contribution in [2.45, 2.75) is 12.5 Å². The maximum atomic E-state index is 11.4. The van der Waals surface area contributed by atoms with Gasteiger partial charge < -0.3 is 4.90 Å². The van der Waals surface area contributed by atoms with E-state index in [0.717, 1.165) is 6.42 Å². The van der Waals surface area contributed by atoms with Gasteiger partial charge in [0.05, 0.1) is 12.0 Å². The minimum Gasteiger partial charge on any atom is -0.339 e. The summed E-state index contributed by atoms with van der Waals surface area (Å²) in [5.41, 5.74) is 0. The fourth-order valence-corrected chi connectivity index (χ4v) is 1.70. The molecule has 0 radical (unpaired) electrons. The average molecular weight is 149 g/mol. The molecule has 0 aromatic carbocycles. The normalized spacial score (nSPS) is 34.6. The first-order chi connectivity index (χ1) is 5.29. The number of rotatable bonds is 0. The number of carbonyl (C=O) groups excluding carboxylic acids is 1. The van der Waals surface area contributed by atoms with Gasteiger partial charge in [-0.2, -0.15) is 0 Å². The van der Waals surface area contributed by atoms with E-state index in [4.69, 9.17) is 0 Å². The summed E-state index contributed by atoms with van der Waals surface area (Å²) in [4.78, 5) is 13.2. The zero-order valence-corrected chi connectivity index (χ0v) is 6.53. The molecule has 11 heavy (non-hydrogen) atoms. The standard InChI is InChI=1S/C9H11NO/c1-10-8-5-3-2-4-7(6-8)9(10)11/h2-5,7-8H,6H2,1H3/t7-,8+/m1/s1. The molecule has 1 saturated heterocycles. The van der Waals surface area contributed by atoms with Crippen LogP contribution in [0.3, 0.4) is 0 Å². The Bertz CT molecular complexity index is 242. The number of hydrogen-bond acceptors (Lipinski definition) is 1. The van der Waals surface area contributed by atoms with Crippen LogP contribution in [0.2, 0.25) is 0 Å². The Morgan fingerprint density at radius 2 is 2.18 bits per heavy atom. The number of fused-ring (bicyclic) bond motifs is 2. The van der Waals surface area contributed by atoms with Crippen LogP contribution in [0.15, 0.2) is 24.3 Å². The number of hydrogen-bond donors (Lipinski definition) is 0. The van der Waals surface area contributed by atoms with Gasteiger partial charge in [0.25, 0.3) is 0 Å². The van der Waals surface area contributed by atoms with Crippen LogP contribution in [0, 0.1) is 5.92 Å². The van der Waals surface area contributed by atoms with E-state index < -0.39 is 0 Å². The summed E-state index contributed by atoms with van der Waals surface area (Å²) in [7, 11) is 1.87. The number of carbonyl (C=O) groups is 1. The van der Waals surface area contributed by atoms with Gasteiger partial charge >= 0.3 is 0 Å². The molecule has 1 fully saturated rings. The Kier molecular flexibility index (Phi) is 1.34. The molecule has 1 amide bonds. The highest BCUT2D eigenvalue weighted by Crippen LogP contribution is 2.26. The molecule has 0 aromatic heterocycles. The Morgan fingerprint density at radius 3 is 3.00 bits per heavy atom. The smallest absolute Gasteiger partial charge is 0.229 e. The number of amides is 1. The maximum Gasteiger partial charge on any atom is 0.229 e. The molecule has 1 heterocycles. The van der Waals surface area contributed by atoms with Gasteiger partial charge in [-0.15, -0.1) is 0 Å². The molecule has 0 spiro atoms. The molecule has 1 aliphatic heterocycles. The molecule has 2 heteroatoms. The zero-order chi connectivity index (χ0) is 7.84. The molecule has 2 nitrogen and oxygen atoms in total. The minimum absolute atomic E-state index is 0.139. The lowest BCUT2D eigenvalue weighted by molar-refractivity contribution is -0.129. The molecule has 0 saturated carbocycles. The quantitative estimate of drug-likeness (QED) is 0.502. The molecule has 0 aromatic rings. The van der Waals surface area contributed by atoms with Crippen LogP contribution in [0.4, 0.5) is 0 Å². The summed E-state index contributed by atoms with van der Waals surface area (Å²) in [5.74, 6) is 0.399. The molecule has 2 atom stereocenters. The summed E-state index contributed by atoms with van der Waals surface area (Å²) in [6.07, 6.45) is 9.02. The summed E-state index contributed by atoms with van der Waals surface area (Å²) in [5, 5.41) is 0. The van der Waals surface area contributed by atoms with Crippen molar-refractivity contribution in [3.05, 3.63) is 24.3 Å². The second kappa shape index (κ2) is 2.22. The number of likely N-dealkylation sites (tertiary alicyclic amines) is 1. The van der Waals surface area contributed by atoms with Gasteiger partial charge in [0.2, 0.25) is 5.91 Å². The minimum atomic E-state index is 0.139. The topological polar surface area (TPSA) is 20.3 Å². The fourth-order valence-electron chi connectivity index (χ4n) is 1.70. The predicted molar refractivity (Wildman–Crippen MR) is 42.9 cm³/mol. The van der Waals surface area contributed by atoms with E-state index in [1.165, 1.54) is 0 Å². The van der Waals surface area contributed by atoms with E-state index in [1.807, 2.05) is 30.2 Å². The first-order valence-electron chi connectivity index (χ1n) is 3.90.